The van der Waals surface area contributed by atoms with Gasteiger partial charge in [0.2, 0.25) is 0 Å². The van der Waals surface area contributed by atoms with Crippen LogP contribution in [0.15, 0.2) is 24.3 Å². The predicted molar refractivity (Wildman–Crippen MR) is 233 cm³/mol. The molecule has 0 spiro atoms. The van der Waals surface area contributed by atoms with Crippen molar-refractivity contribution in [2.45, 2.75) is 237 Å². The summed E-state index contributed by atoms with van der Waals surface area (Å²) < 4.78 is 54.1. The Hall–Kier alpha value is -1.87. The zero-order valence-electron chi connectivity index (χ0n) is 36.9. The average molecular weight is 861 g/mol. The molecule has 1 saturated heterocycles. The third-order valence-corrected chi connectivity index (χ3v) is 11.5. The molecule has 1 rings (SSSR count). The molecule has 0 aromatic rings. The number of carbonyl (C=O) groups is 2. The highest BCUT2D eigenvalue weighted by atomic mass is 32.2. The summed E-state index contributed by atoms with van der Waals surface area (Å²) in [5.74, 6) is -2.00. The molecular weight excluding hydrogens is 777 g/mol. The van der Waals surface area contributed by atoms with Gasteiger partial charge in [0.05, 0.1) is 6.61 Å². The number of hydrogen-bond acceptors (Lipinski definition) is 11. The van der Waals surface area contributed by atoms with Crippen LogP contribution < -0.4 is 0 Å². The molecule has 59 heavy (non-hydrogen) atoms. The topological polar surface area (TPSA) is 186 Å². The van der Waals surface area contributed by atoms with E-state index in [1.807, 2.05) is 0 Å². The number of rotatable bonds is 39. The summed E-state index contributed by atoms with van der Waals surface area (Å²) in [6, 6.07) is 0. The van der Waals surface area contributed by atoms with E-state index in [1.165, 1.54) is 83.5 Å². The van der Waals surface area contributed by atoms with Crippen molar-refractivity contribution < 1.29 is 56.8 Å². The fraction of sp³-hybridized carbons (Fsp3) is 0.870. The van der Waals surface area contributed by atoms with Crippen molar-refractivity contribution in [2.24, 2.45) is 0 Å². The first-order chi connectivity index (χ1) is 28.5. The Balaban J connectivity index is 2.44. The second-order valence-electron chi connectivity index (χ2n) is 16.4. The number of carbonyl (C=O) groups excluding carboxylic acids is 2. The molecule has 1 fully saturated rings. The molecule has 0 aromatic heterocycles. The lowest BCUT2D eigenvalue weighted by atomic mass is 10.00. The van der Waals surface area contributed by atoms with Gasteiger partial charge < -0.3 is 34.3 Å². The SMILES string of the molecule is CCCCCCCC/C=C\CCCCCCCC(=O)OCC(COC1OC(CS(=O)(=O)O)C(O)C(O)C1O)OC(=O)CCCCCCC/C=C\CCCCCCCCC. The van der Waals surface area contributed by atoms with Crippen molar-refractivity contribution in [2.75, 3.05) is 19.0 Å². The van der Waals surface area contributed by atoms with Crippen molar-refractivity contribution in [1.82, 2.24) is 0 Å². The number of ether oxygens (including phenoxy) is 4. The first-order valence-electron chi connectivity index (χ1n) is 23.4. The Morgan fingerprint density at radius 1 is 0.559 bits per heavy atom. The molecule has 6 unspecified atom stereocenters. The lowest BCUT2D eigenvalue weighted by molar-refractivity contribution is -0.297. The maximum absolute atomic E-state index is 12.8. The first kappa shape index (κ1) is 55.1. The molecule has 0 bridgehead atoms. The molecule has 13 heteroatoms. The number of unbranched alkanes of at least 4 members (excludes halogenated alkanes) is 23. The van der Waals surface area contributed by atoms with E-state index in [4.69, 9.17) is 18.9 Å². The molecule has 0 aromatic carbocycles. The molecule has 0 aliphatic carbocycles. The number of aliphatic hydroxyl groups is 3. The minimum Gasteiger partial charge on any atom is -0.462 e. The van der Waals surface area contributed by atoms with E-state index in [1.54, 1.807) is 0 Å². The minimum atomic E-state index is -4.60. The Morgan fingerprint density at radius 3 is 1.41 bits per heavy atom. The quantitative estimate of drug-likeness (QED) is 0.0199. The number of esters is 2. The van der Waals surface area contributed by atoms with Gasteiger partial charge in [0, 0.05) is 12.8 Å². The van der Waals surface area contributed by atoms with Gasteiger partial charge in [-0.05, 0) is 64.2 Å². The van der Waals surface area contributed by atoms with Crippen LogP contribution >= 0.6 is 0 Å². The molecule has 1 aliphatic heterocycles. The van der Waals surface area contributed by atoms with Crippen molar-refractivity contribution in [3.05, 3.63) is 24.3 Å². The number of allylic oxidation sites excluding steroid dienone is 4. The highest BCUT2D eigenvalue weighted by Gasteiger charge is 2.46. The molecule has 346 valence electrons. The summed E-state index contributed by atoms with van der Waals surface area (Å²) in [5, 5.41) is 30.9. The van der Waals surface area contributed by atoms with Crippen LogP contribution in [0.3, 0.4) is 0 Å². The van der Waals surface area contributed by atoms with Crippen LogP contribution in [0.1, 0.15) is 200 Å². The summed E-state index contributed by atoms with van der Waals surface area (Å²) in [6.07, 6.45) is 30.7. The van der Waals surface area contributed by atoms with Crippen LogP contribution in [-0.4, -0.2) is 96.0 Å². The van der Waals surface area contributed by atoms with E-state index in [2.05, 4.69) is 38.2 Å². The molecule has 1 heterocycles. The monoisotopic (exact) mass is 861 g/mol. The van der Waals surface area contributed by atoms with Crippen molar-refractivity contribution in [1.29, 1.82) is 0 Å². The highest BCUT2D eigenvalue weighted by Crippen LogP contribution is 2.24. The summed E-state index contributed by atoms with van der Waals surface area (Å²) in [5.41, 5.74) is 0. The van der Waals surface area contributed by atoms with Gasteiger partial charge in [-0.2, -0.15) is 8.42 Å². The normalized spacial score (nSPS) is 20.4. The van der Waals surface area contributed by atoms with Crippen LogP contribution in [0.25, 0.3) is 0 Å². The van der Waals surface area contributed by atoms with E-state index >= 15 is 0 Å². The third kappa shape index (κ3) is 31.6. The fourth-order valence-corrected chi connectivity index (χ4v) is 7.77. The van der Waals surface area contributed by atoms with Crippen molar-refractivity contribution >= 4 is 22.1 Å². The van der Waals surface area contributed by atoms with Gasteiger partial charge in [0.25, 0.3) is 10.1 Å². The minimum absolute atomic E-state index is 0.154. The van der Waals surface area contributed by atoms with Gasteiger partial charge in [-0.25, -0.2) is 0 Å². The predicted octanol–water partition coefficient (Wildman–Crippen LogP) is 9.62. The third-order valence-electron chi connectivity index (χ3n) is 10.8. The zero-order chi connectivity index (χ0) is 43.4. The number of aliphatic hydroxyl groups excluding tert-OH is 3. The number of hydrogen-bond donors (Lipinski definition) is 4. The standard InChI is InChI=1S/C46H84O12S/c1-3-5-7-9-11-13-15-17-19-21-23-25-27-29-31-33-35-42(48)57-39(37-56-46-45(51)44(50)43(49)40(58-46)38-59(52,53)54)36-55-41(47)34-32-30-28-26-24-22-20-18-16-14-12-10-8-6-4-2/h18-21,39-40,43-46,49-51H,3-17,22-38H2,1-2H3,(H,52,53,54)/b20-18-,21-19-. The molecule has 4 N–H and O–H groups in total. The van der Waals surface area contributed by atoms with Gasteiger partial charge >= 0.3 is 11.9 Å². The van der Waals surface area contributed by atoms with E-state index < -0.39 is 71.2 Å². The van der Waals surface area contributed by atoms with Crippen LogP contribution in [0.2, 0.25) is 0 Å². The molecule has 0 saturated carbocycles. The lowest BCUT2D eigenvalue weighted by Gasteiger charge is -2.40. The molecular formula is C46H84O12S. The van der Waals surface area contributed by atoms with Crippen LogP contribution in [0.5, 0.6) is 0 Å². The molecule has 1 aliphatic rings. The van der Waals surface area contributed by atoms with E-state index in [0.717, 1.165) is 77.0 Å². The smallest absolute Gasteiger partial charge is 0.306 e. The summed E-state index contributed by atoms with van der Waals surface area (Å²) >= 11 is 0. The maximum atomic E-state index is 12.8. The summed E-state index contributed by atoms with van der Waals surface area (Å²) in [6.45, 7) is 3.75. The van der Waals surface area contributed by atoms with Crippen LogP contribution in [-0.2, 0) is 38.7 Å². The lowest BCUT2D eigenvalue weighted by Crippen LogP contribution is -2.60. The molecule has 0 radical (unpaired) electrons. The van der Waals surface area contributed by atoms with Crippen LogP contribution in [0.4, 0.5) is 0 Å². The molecule has 12 nitrogen and oxygen atoms in total. The average Bonchev–Trinajstić information content (AvgIpc) is 3.20. The van der Waals surface area contributed by atoms with Crippen molar-refractivity contribution in [3.8, 4) is 0 Å². The Labute approximate surface area is 358 Å². The first-order valence-corrected chi connectivity index (χ1v) is 25.0. The van der Waals surface area contributed by atoms with Crippen molar-refractivity contribution in [3.63, 3.8) is 0 Å². The van der Waals surface area contributed by atoms with E-state index in [0.29, 0.717) is 12.8 Å². The molecule has 6 atom stereocenters. The van der Waals surface area contributed by atoms with Gasteiger partial charge in [-0.3, -0.25) is 14.1 Å². The van der Waals surface area contributed by atoms with Gasteiger partial charge in [0.1, 0.15) is 36.8 Å². The molecule has 0 amide bonds. The second kappa shape index (κ2) is 36.8. The summed E-state index contributed by atoms with van der Waals surface area (Å²) in [7, 11) is -4.60. The largest absolute Gasteiger partial charge is 0.462 e. The Bertz CT molecular complexity index is 1190. The van der Waals surface area contributed by atoms with E-state index in [-0.39, 0.29) is 19.4 Å². The van der Waals surface area contributed by atoms with Crippen LogP contribution in [0, 0.1) is 0 Å². The van der Waals surface area contributed by atoms with Gasteiger partial charge in [-0.1, -0.05) is 147 Å². The van der Waals surface area contributed by atoms with Gasteiger partial charge in [-0.15, -0.1) is 0 Å². The summed E-state index contributed by atoms with van der Waals surface area (Å²) in [4.78, 5) is 25.4. The Morgan fingerprint density at radius 2 is 0.966 bits per heavy atom. The Kier molecular flexibility index (Phi) is 34.4. The maximum Gasteiger partial charge on any atom is 0.306 e. The van der Waals surface area contributed by atoms with Gasteiger partial charge in [0.15, 0.2) is 12.4 Å². The highest BCUT2D eigenvalue weighted by molar-refractivity contribution is 7.85. The van der Waals surface area contributed by atoms with E-state index in [9.17, 15) is 37.9 Å². The zero-order valence-corrected chi connectivity index (χ0v) is 37.7. The fourth-order valence-electron chi connectivity index (χ4n) is 7.08. The second-order valence-corrected chi connectivity index (χ2v) is 17.9.